The van der Waals surface area contributed by atoms with E-state index in [9.17, 15) is 19.7 Å². The molecule has 0 saturated carbocycles. The molecule has 0 radical (unpaired) electrons. The monoisotopic (exact) mass is 344 g/mol. The molecule has 0 spiro atoms. The Morgan fingerprint density at radius 1 is 1.12 bits per heavy atom. The number of methoxy groups -OCH3 is 2. The summed E-state index contributed by atoms with van der Waals surface area (Å²) in [6, 6.07) is 4.47. The van der Waals surface area contributed by atoms with Crippen LogP contribution < -0.4 is 4.90 Å². The van der Waals surface area contributed by atoms with Crippen LogP contribution in [0.15, 0.2) is 53.9 Å². The molecule has 2 rings (SSSR count). The predicted octanol–water partition coefficient (Wildman–Crippen LogP) is 2.39. The molecule has 0 bridgehead atoms. The van der Waals surface area contributed by atoms with Crippen LogP contribution in [0.5, 0.6) is 0 Å². The maximum Gasteiger partial charge on any atom is 0.355 e. The number of hydrogen-bond donors (Lipinski definition) is 0. The van der Waals surface area contributed by atoms with Gasteiger partial charge in [0.2, 0.25) is 0 Å². The van der Waals surface area contributed by atoms with E-state index in [1.54, 1.807) is 25.1 Å². The summed E-state index contributed by atoms with van der Waals surface area (Å²) in [4.78, 5) is 36.5. The van der Waals surface area contributed by atoms with Gasteiger partial charge in [-0.1, -0.05) is 12.1 Å². The van der Waals surface area contributed by atoms with E-state index in [0.29, 0.717) is 11.3 Å². The van der Waals surface area contributed by atoms with Gasteiger partial charge < -0.3 is 14.4 Å². The lowest BCUT2D eigenvalue weighted by atomic mass is 10.1. The fourth-order valence-electron chi connectivity index (χ4n) is 2.42. The molecule has 0 N–H and O–H groups in total. The van der Waals surface area contributed by atoms with Crippen LogP contribution in [0.2, 0.25) is 0 Å². The number of benzene rings is 1. The highest BCUT2D eigenvalue weighted by atomic mass is 16.6. The van der Waals surface area contributed by atoms with Crippen molar-refractivity contribution in [3.05, 3.63) is 69.6 Å². The molecule has 1 aliphatic heterocycles. The Morgan fingerprint density at radius 3 is 2.40 bits per heavy atom. The molecule has 0 fully saturated rings. The first kappa shape index (κ1) is 17.9. The van der Waals surface area contributed by atoms with E-state index in [-0.39, 0.29) is 17.0 Å². The number of nitro benzene ring substituents is 1. The maximum atomic E-state index is 12.3. The summed E-state index contributed by atoms with van der Waals surface area (Å²) in [5.41, 5.74) is 0.487. The Balaban J connectivity index is 2.74. The smallest absolute Gasteiger partial charge is 0.355 e. The number of ether oxygens (including phenoxy) is 2. The molecule has 0 amide bonds. The topological polar surface area (TPSA) is 99.0 Å². The maximum absolute atomic E-state index is 12.3. The highest BCUT2D eigenvalue weighted by Crippen LogP contribution is 2.33. The van der Waals surface area contributed by atoms with Gasteiger partial charge >= 0.3 is 11.9 Å². The molecular weight excluding hydrogens is 328 g/mol. The number of nitro groups is 1. The molecule has 1 aromatic rings. The van der Waals surface area contributed by atoms with Crippen LogP contribution in [0.3, 0.4) is 0 Å². The first-order chi connectivity index (χ1) is 11.9. The SMILES string of the molecule is COC(=O)C1=C(C(=O)OC)N(c2cccc([N+](=O)[O-])c2C)C=CC=C1. The van der Waals surface area contributed by atoms with Gasteiger partial charge in [0.25, 0.3) is 5.69 Å². The van der Waals surface area contributed by atoms with E-state index < -0.39 is 16.9 Å². The first-order valence-electron chi connectivity index (χ1n) is 7.21. The van der Waals surface area contributed by atoms with E-state index >= 15 is 0 Å². The summed E-state index contributed by atoms with van der Waals surface area (Å²) in [6.07, 6.45) is 6.09. The molecule has 0 unspecified atom stereocenters. The van der Waals surface area contributed by atoms with Gasteiger partial charge in [-0.2, -0.15) is 0 Å². The second-order valence-electron chi connectivity index (χ2n) is 4.99. The molecule has 25 heavy (non-hydrogen) atoms. The number of rotatable bonds is 4. The van der Waals surface area contributed by atoms with E-state index in [0.717, 1.165) is 0 Å². The molecule has 0 aliphatic carbocycles. The van der Waals surface area contributed by atoms with Crippen molar-refractivity contribution in [2.45, 2.75) is 6.92 Å². The normalized spacial score (nSPS) is 13.5. The second-order valence-corrected chi connectivity index (χ2v) is 4.99. The molecular formula is C17H16N2O6. The van der Waals surface area contributed by atoms with Gasteiger partial charge in [-0.15, -0.1) is 0 Å². The number of hydrogen-bond acceptors (Lipinski definition) is 7. The lowest BCUT2D eigenvalue weighted by Gasteiger charge is -2.24. The lowest BCUT2D eigenvalue weighted by Crippen LogP contribution is -2.27. The number of carbonyl (C=O) groups is 2. The molecule has 1 aromatic carbocycles. The minimum absolute atomic E-state index is 0.0229. The van der Waals surface area contributed by atoms with E-state index in [1.807, 2.05) is 0 Å². The van der Waals surface area contributed by atoms with Crippen molar-refractivity contribution >= 4 is 23.3 Å². The molecule has 8 nitrogen and oxygen atoms in total. The third-order valence-corrected chi connectivity index (χ3v) is 3.62. The summed E-state index contributed by atoms with van der Waals surface area (Å²) in [6.45, 7) is 1.56. The van der Waals surface area contributed by atoms with Gasteiger partial charge in [0.05, 0.1) is 36.0 Å². The van der Waals surface area contributed by atoms with E-state index in [4.69, 9.17) is 9.47 Å². The quantitative estimate of drug-likeness (QED) is 0.470. The van der Waals surface area contributed by atoms with E-state index in [2.05, 4.69) is 0 Å². The van der Waals surface area contributed by atoms with Gasteiger partial charge in [-0.05, 0) is 25.1 Å². The Kier molecular flexibility index (Phi) is 5.33. The van der Waals surface area contributed by atoms with Crippen LogP contribution in [-0.2, 0) is 19.1 Å². The van der Waals surface area contributed by atoms with Gasteiger partial charge in [-0.25, -0.2) is 9.59 Å². The molecule has 0 atom stereocenters. The van der Waals surface area contributed by atoms with Crippen LogP contribution >= 0.6 is 0 Å². The summed E-state index contributed by atoms with van der Waals surface area (Å²) >= 11 is 0. The lowest BCUT2D eigenvalue weighted by molar-refractivity contribution is -0.385. The standard InChI is InChI=1S/C17H16N2O6/c1-11-13(8-6-9-14(11)19(22)23)18-10-5-4-7-12(16(20)24-2)15(18)17(21)25-3/h4-10H,1-3H3. The van der Waals surface area contributed by atoms with Crippen molar-refractivity contribution in [1.29, 1.82) is 0 Å². The highest BCUT2D eigenvalue weighted by molar-refractivity contribution is 6.05. The zero-order valence-corrected chi connectivity index (χ0v) is 13.9. The van der Waals surface area contributed by atoms with Gasteiger partial charge in [0.15, 0.2) is 0 Å². The van der Waals surface area contributed by atoms with Crippen molar-refractivity contribution in [2.75, 3.05) is 19.1 Å². The fourth-order valence-corrected chi connectivity index (χ4v) is 2.42. The van der Waals surface area contributed by atoms with Crippen molar-refractivity contribution in [3.63, 3.8) is 0 Å². The Hall–Kier alpha value is -3.42. The van der Waals surface area contributed by atoms with Gasteiger partial charge in [0, 0.05) is 12.3 Å². The van der Waals surface area contributed by atoms with Crippen molar-refractivity contribution in [1.82, 2.24) is 0 Å². The number of nitrogens with zero attached hydrogens (tertiary/aromatic N) is 2. The molecule has 0 aromatic heterocycles. The average molecular weight is 344 g/mol. The van der Waals surface area contributed by atoms with Crippen molar-refractivity contribution < 1.29 is 24.0 Å². The first-order valence-corrected chi connectivity index (χ1v) is 7.21. The fraction of sp³-hybridized carbons (Fsp3) is 0.176. The summed E-state index contributed by atoms with van der Waals surface area (Å²) in [7, 11) is 2.38. The number of esters is 2. The molecule has 1 heterocycles. The van der Waals surface area contributed by atoms with Gasteiger partial charge in [-0.3, -0.25) is 10.1 Å². The number of carbonyl (C=O) groups excluding carboxylic acids is 2. The van der Waals surface area contributed by atoms with Crippen LogP contribution in [0, 0.1) is 17.0 Å². The van der Waals surface area contributed by atoms with Crippen molar-refractivity contribution in [3.8, 4) is 0 Å². The second kappa shape index (κ2) is 7.43. The summed E-state index contributed by atoms with van der Waals surface area (Å²) in [5.74, 6) is -1.50. The van der Waals surface area contributed by atoms with Crippen LogP contribution in [0.1, 0.15) is 5.56 Å². The van der Waals surface area contributed by atoms with Crippen LogP contribution in [-0.4, -0.2) is 31.1 Å². The van der Waals surface area contributed by atoms with E-state index in [1.165, 1.54) is 43.5 Å². The Bertz CT molecular complexity index is 822. The van der Waals surface area contributed by atoms with Gasteiger partial charge in [0.1, 0.15) is 5.70 Å². The third-order valence-electron chi connectivity index (χ3n) is 3.62. The Labute approximate surface area is 143 Å². The minimum Gasteiger partial charge on any atom is -0.465 e. The molecule has 8 heteroatoms. The Morgan fingerprint density at radius 2 is 1.80 bits per heavy atom. The average Bonchev–Trinajstić information content (AvgIpc) is 2.83. The summed E-state index contributed by atoms with van der Waals surface area (Å²) < 4.78 is 9.52. The number of anilines is 1. The van der Waals surface area contributed by atoms with Crippen molar-refractivity contribution in [2.24, 2.45) is 0 Å². The van der Waals surface area contributed by atoms with Crippen LogP contribution in [0.25, 0.3) is 0 Å². The predicted molar refractivity (Wildman–Crippen MR) is 89.7 cm³/mol. The molecule has 1 aliphatic rings. The zero-order valence-electron chi connectivity index (χ0n) is 13.9. The molecule has 130 valence electrons. The third kappa shape index (κ3) is 3.42. The highest BCUT2D eigenvalue weighted by Gasteiger charge is 2.29. The summed E-state index contributed by atoms with van der Waals surface area (Å²) in [5, 5.41) is 11.2. The zero-order chi connectivity index (χ0) is 18.6. The largest absolute Gasteiger partial charge is 0.465 e. The van der Waals surface area contributed by atoms with Crippen LogP contribution in [0.4, 0.5) is 11.4 Å². The minimum atomic E-state index is -0.775. The number of allylic oxidation sites excluding steroid dienone is 2. The molecule has 0 saturated heterocycles.